The van der Waals surface area contributed by atoms with Crippen LogP contribution in [0.1, 0.15) is 308 Å². The molecule has 1 aromatic carbocycles. The molecule has 5 aliphatic rings. The van der Waals surface area contributed by atoms with Crippen LogP contribution in [0.2, 0.25) is 0 Å². The van der Waals surface area contributed by atoms with Crippen LogP contribution in [-0.2, 0) is 68.1 Å². The van der Waals surface area contributed by atoms with Crippen LogP contribution in [-0.4, -0.2) is 128 Å². The minimum atomic E-state index is -4.34. The molecule has 0 amide bonds. The van der Waals surface area contributed by atoms with E-state index in [1.807, 2.05) is 174 Å². The Morgan fingerprint density at radius 3 is 1.25 bits per heavy atom. The lowest BCUT2D eigenvalue weighted by Crippen LogP contribution is -2.19. The summed E-state index contributed by atoms with van der Waals surface area (Å²) in [6.45, 7) is 55.3. The first kappa shape index (κ1) is 106. The molecule has 15 rings (SSSR count). The molecule has 0 unspecified atom stereocenters. The number of rotatable bonds is 24. The zero-order valence-electron chi connectivity index (χ0n) is 82.0. The van der Waals surface area contributed by atoms with Crippen molar-refractivity contribution in [3.05, 3.63) is 161 Å². The molecule has 23 nitrogen and oxygen atoms in total. The largest absolute Gasteiger partial charge is 0.477 e. The van der Waals surface area contributed by atoms with Gasteiger partial charge in [0.2, 0.25) is 29.3 Å². The van der Waals surface area contributed by atoms with Crippen LogP contribution in [0.15, 0.2) is 94.4 Å². The molecule has 9 heterocycles. The van der Waals surface area contributed by atoms with E-state index in [1.54, 1.807) is 10.9 Å². The number of oxazole rings is 1. The van der Waals surface area contributed by atoms with Crippen LogP contribution < -0.4 is 28.4 Å². The summed E-state index contributed by atoms with van der Waals surface area (Å²) in [5.74, 6) is 7.54. The van der Waals surface area contributed by atoms with E-state index in [4.69, 9.17) is 42.2 Å². The summed E-state index contributed by atoms with van der Waals surface area (Å²) in [7, 11) is 1.90. The van der Waals surface area contributed by atoms with Gasteiger partial charge in [-0.1, -0.05) is 197 Å². The fourth-order valence-corrected chi connectivity index (χ4v) is 11.1. The number of imidazole rings is 3. The summed E-state index contributed by atoms with van der Waals surface area (Å²) in [6.07, 6.45) is 11.9. The lowest BCUT2D eigenvalue weighted by molar-refractivity contribution is -0.154. The van der Waals surface area contributed by atoms with Gasteiger partial charge in [0.15, 0.2) is 12.4 Å². The van der Waals surface area contributed by atoms with Crippen molar-refractivity contribution in [1.29, 1.82) is 0 Å². The van der Waals surface area contributed by atoms with Crippen molar-refractivity contribution in [2.24, 2.45) is 36.6 Å². The summed E-state index contributed by atoms with van der Waals surface area (Å²) in [5.41, 5.74) is 6.60. The average molecular weight is 1840 g/mol. The topological polar surface area (TPSA) is 275 Å². The molecule has 0 aliphatic heterocycles. The Morgan fingerprint density at radius 1 is 0.420 bits per heavy atom. The number of aromatic amines is 4. The van der Waals surface area contributed by atoms with E-state index in [2.05, 4.69) is 139 Å². The summed E-state index contributed by atoms with van der Waals surface area (Å²) in [5, 5.41) is 4.21. The van der Waals surface area contributed by atoms with Crippen molar-refractivity contribution in [3.8, 4) is 58.1 Å². The second-order valence-electron chi connectivity index (χ2n) is 43.0. The number of aryl methyl sites for hydroxylation is 2. The van der Waals surface area contributed by atoms with Gasteiger partial charge >= 0.3 is 24.2 Å². The van der Waals surface area contributed by atoms with E-state index in [-0.39, 0.29) is 85.4 Å². The second kappa shape index (κ2) is 44.8. The van der Waals surface area contributed by atoms with Gasteiger partial charge in [-0.25, -0.2) is 29.3 Å². The minimum Gasteiger partial charge on any atom is -0.477 e. The molecule has 0 bridgehead atoms. The van der Waals surface area contributed by atoms with Gasteiger partial charge in [0.05, 0.1) is 69.3 Å². The Labute approximate surface area is 768 Å². The SMILES string of the molecule is CC(C)(C)c1cc(F)c(OCC2CC2)[nH]1.CC(C)(C)c1cc(F)c(OCC2CC2)o1.CC(C)(C)c1cnc(CCC(F)(F)F)[nH]1.CC(C)(C)c1cnc(OCC(F)(F)F)[nH]1.CC(C)(C)c1nc(F)c(OCC2CC2)o1.CC(C)(C)c1nc(OCC2CC2)cc(-c2ccccc2)n1.CC(C)OCc1ncc(C(C)(C)C)[nH]1.Cn1cc(-c2cc(OCC3CC3)nc(C(C)(C)C)n2)cn1. The van der Waals surface area contributed by atoms with Crippen molar-refractivity contribution in [2.45, 2.75) is 325 Å². The molecular weight excluding hydrogens is 1700 g/mol. The van der Waals surface area contributed by atoms with E-state index >= 15 is 0 Å². The summed E-state index contributed by atoms with van der Waals surface area (Å²) < 4.78 is 161. The van der Waals surface area contributed by atoms with E-state index in [0.717, 1.165) is 81.9 Å². The summed E-state index contributed by atoms with van der Waals surface area (Å²) in [4.78, 5) is 46.1. The Hall–Kier alpha value is -9.88. The van der Waals surface area contributed by atoms with Gasteiger partial charge in [0.25, 0.3) is 12.0 Å². The molecule has 131 heavy (non-hydrogen) atoms. The number of hydrogen-bond acceptors (Lipinski definition) is 18. The molecule has 4 N–H and O–H groups in total. The van der Waals surface area contributed by atoms with Crippen molar-refractivity contribution >= 4 is 0 Å². The maximum atomic E-state index is 13.5. The maximum Gasteiger partial charge on any atom is 0.422 e. The number of furan rings is 1. The lowest BCUT2D eigenvalue weighted by Gasteiger charge is -2.18. The minimum absolute atomic E-state index is 0.0480. The number of nitrogens with one attached hydrogen (secondary N) is 4. The average Bonchev–Trinajstić information content (AvgIpc) is 1.64. The quantitative estimate of drug-likeness (QED) is 0.0409. The molecule has 0 radical (unpaired) electrons. The van der Waals surface area contributed by atoms with E-state index in [1.165, 1.54) is 82.5 Å². The standard InChI is InChI=1S/C18H22N2O.C16H22N4O.C12H18FNO.C12H17FO2.C11H16FNO2.C11H20N2O.C10H15F3N2.C9H13F3N2O/c1-18(2,3)17-19-15(14-7-5-4-6-8-14)11-16(20-17)21-12-13-9-10-13;1-16(2,3)15-18-13(12-8-17-20(4)9-12)7-14(19-15)21-10-11-5-6-11;1-12(2,3)10-6-9(13)11(14-10)15-7-8-4-5-8;1-12(2,3)10-6-9(13)11(15-10)14-7-8-4-5-8;1-11(2,3)10-13-8(12)9(15-10)14-6-7-4-5-7;1-8(2)14-7-10-12-6-9(13-10)11(3,4)5;1-9(2,3)7-6-14-8(15-7)4-5-10(11,12)13;1-8(2,3)6-4-13-7(14-6)15-5-9(10,11)12/h4-8,11,13H,9-10,12H2,1-3H3;7-9,11H,5-6,10H2,1-4H3;6,8,14H,4-5,7H2,1-3H3;6,8H,4-5,7H2,1-3H3;7H,4-6H2,1-3H3;6,8H,7H2,1-5H3,(H,12,13);6H,4-5H2,1-3H3,(H,14,15);4H,5H2,1-3H3,(H,13,14). The normalized spacial score (nSPS) is 14.9. The van der Waals surface area contributed by atoms with Crippen molar-refractivity contribution in [2.75, 3.05) is 39.6 Å². The molecule has 0 spiro atoms. The predicted molar refractivity (Wildman–Crippen MR) is 490 cm³/mol. The number of halogens is 9. The van der Waals surface area contributed by atoms with E-state index in [0.29, 0.717) is 85.2 Å². The number of ether oxygens (including phenoxy) is 7. The van der Waals surface area contributed by atoms with Gasteiger partial charge < -0.3 is 61.9 Å². The number of H-pyrrole nitrogens is 4. The fraction of sp³-hybridized carbons (Fsp3) is 0.626. The number of benzene rings is 1. The predicted octanol–water partition coefficient (Wildman–Crippen LogP) is 25.3. The van der Waals surface area contributed by atoms with E-state index in [9.17, 15) is 39.5 Å². The van der Waals surface area contributed by atoms with Crippen LogP contribution in [0.4, 0.5) is 39.5 Å². The second-order valence-corrected chi connectivity index (χ2v) is 43.0. The molecular formula is C99H143F9N14O9. The summed E-state index contributed by atoms with van der Waals surface area (Å²) in [6, 6.07) is 16.9. The van der Waals surface area contributed by atoms with Gasteiger partial charge in [-0.15, -0.1) is 0 Å². The molecule has 5 fully saturated rings. The highest BCUT2D eigenvalue weighted by Crippen LogP contribution is 2.39. The highest BCUT2D eigenvalue weighted by Gasteiger charge is 2.35. The highest BCUT2D eigenvalue weighted by atomic mass is 19.4. The summed E-state index contributed by atoms with van der Waals surface area (Å²) >= 11 is 0. The van der Waals surface area contributed by atoms with Crippen molar-refractivity contribution in [1.82, 2.24) is 69.6 Å². The highest BCUT2D eigenvalue weighted by molar-refractivity contribution is 5.60. The number of nitrogens with zero attached hydrogens (tertiary/aromatic N) is 10. The number of alkyl halides is 6. The van der Waals surface area contributed by atoms with Gasteiger partial charge in [-0.3, -0.25) is 4.68 Å². The smallest absolute Gasteiger partial charge is 0.422 e. The first-order valence-electron chi connectivity index (χ1n) is 45.4. The molecule has 5 saturated carbocycles. The van der Waals surface area contributed by atoms with Crippen molar-refractivity contribution in [3.63, 3.8) is 0 Å². The van der Waals surface area contributed by atoms with Crippen LogP contribution in [0.3, 0.4) is 0 Å². The Balaban J connectivity index is 0.000000186. The first-order chi connectivity index (χ1) is 60.6. The van der Waals surface area contributed by atoms with Gasteiger partial charge in [0, 0.05) is 127 Å². The van der Waals surface area contributed by atoms with E-state index < -0.39 is 31.3 Å². The monoisotopic (exact) mass is 1840 g/mol. The van der Waals surface area contributed by atoms with Gasteiger partial charge in [-0.2, -0.15) is 55.2 Å². The third kappa shape index (κ3) is 39.1. The van der Waals surface area contributed by atoms with Gasteiger partial charge in [0.1, 0.15) is 35.7 Å². The third-order valence-corrected chi connectivity index (χ3v) is 20.5. The maximum absolute atomic E-state index is 13.5. The molecule has 9 aromatic heterocycles. The Morgan fingerprint density at radius 2 is 0.863 bits per heavy atom. The van der Waals surface area contributed by atoms with Gasteiger partial charge in [-0.05, 0) is 114 Å². The zero-order chi connectivity index (χ0) is 97.2. The van der Waals surface area contributed by atoms with Crippen LogP contribution in [0.5, 0.6) is 35.5 Å². The number of hydrogen-bond donors (Lipinski definition) is 4. The zero-order valence-corrected chi connectivity index (χ0v) is 82.0. The lowest BCUT2D eigenvalue weighted by atomic mass is 9.93. The molecule has 10 aromatic rings. The fourth-order valence-electron chi connectivity index (χ4n) is 11.1. The van der Waals surface area contributed by atoms with Crippen LogP contribution in [0.25, 0.3) is 22.5 Å². The molecule has 726 valence electrons. The first-order valence-corrected chi connectivity index (χ1v) is 45.4. The Bertz CT molecular complexity index is 4870. The molecule has 32 heteroatoms. The third-order valence-electron chi connectivity index (χ3n) is 20.5. The molecule has 5 aliphatic carbocycles. The molecule has 0 saturated heterocycles. The van der Waals surface area contributed by atoms with Crippen LogP contribution >= 0.6 is 0 Å². The van der Waals surface area contributed by atoms with Crippen LogP contribution in [0, 0.1) is 47.2 Å². The Kier molecular flexibility index (Phi) is 36.4. The number of aromatic nitrogens is 14. The van der Waals surface area contributed by atoms with Crippen molar-refractivity contribution < 1.29 is 81.5 Å². The molecule has 0 atom stereocenters.